The molecule has 54 valence electrons. The molecule has 0 fully saturated rings. The Morgan fingerprint density at radius 3 is 2.22 bits per heavy atom. The number of aliphatic hydroxyl groups is 2. The molecule has 0 aromatic rings. The molecule has 0 aromatic heterocycles. The first-order valence-electron chi connectivity index (χ1n) is 3.07. The Morgan fingerprint density at radius 2 is 2.11 bits per heavy atom. The summed E-state index contributed by atoms with van der Waals surface area (Å²) in [5.74, 6) is 0.0434. The fraction of sp³-hybridized carbons (Fsp3) is 0.714. The average molecular weight is 130 g/mol. The Bertz CT molecular complexity index is 105. The summed E-state index contributed by atoms with van der Waals surface area (Å²) >= 11 is 0. The van der Waals surface area contributed by atoms with Crippen molar-refractivity contribution < 1.29 is 10.2 Å². The molecular weight excluding hydrogens is 116 g/mol. The molecule has 0 spiro atoms. The molecule has 2 heteroatoms. The normalized spacial score (nSPS) is 16.8. The summed E-state index contributed by atoms with van der Waals surface area (Å²) in [5.41, 5.74) is -0.786. The molecule has 0 amide bonds. The van der Waals surface area contributed by atoms with Gasteiger partial charge in [0.15, 0.2) is 0 Å². The van der Waals surface area contributed by atoms with E-state index < -0.39 is 5.60 Å². The second kappa shape index (κ2) is 2.87. The van der Waals surface area contributed by atoms with Gasteiger partial charge in [-0.25, -0.2) is 0 Å². The van der Waals surface area contributed by atoms with E-state index in [0.717, 1.165) is 0 Å². The maximum absolute atomic E-state index is 9.27. The van der Waals surface area contributed by atoms with Crippen LogP contribution in [0.5, 0.6) is 0 Å². The average Bonchev–Trinajstić information content (AvgIpc) is 1.63. The highest BCUT2D eigenvalue weighted by Crippen LogP contribution is 2.16. The van der Waals surface area contributed by atoms with E-state index in [-0.39, 0.29) is 12.2 Å². The van der Waals surface area contributed by atoms with Gasteiger partial charge in [0, 0.05) is 6.42 Å². The van der Waals surface area contributed by atoms with E-state index in [1.165, 1.54) is 0 Å². The lowest BCUT2D eigenvalue weighted by Crippen LogP contribution is -2.22. The van der Waals surface area contributed by atoms with Crippen LogP contribution < -0.4 is 0 Å². The standard InChI is InChI=1S/C7H14O2/c1-4-7(3,9)5-6(2)8/h8-9H,2,4-5H2,1,3H3. The van der Waals surface area contributed by atoms with Crippen molar-refractivity contribution >= 4 is 0 Å². The molecule has 0 bridgehead atoms. The maximum Gasteiger partial charge on any atom is 0.0879 e. The quantitative estimate of drug-likeness (QED) is 0.570. The molecule has 0 aliphatic carbocycles. The van der Waals surface area contributed by atoms with Crippen molar-refractivity contribution in [3.63, 3.8) is 0 Å². The van der Waals surface area contributed by atoms with Crippen LogP contribution in [0.1, 0.15) is 26.7 Å². The third-order valence-electron chi connectivity index (χ3n) is 1.35. The van der Waals surface area contributed by atoms with E-state index in [4.69, 9.17) is 5.11 Å². The zero-order chi connectivity index (χ0) is 7.49. The van der Waals surface area contributed by atoms with Gasteiger partial charge in [0.05, 0.1) is 11.4 Å². The molecule has 1 unspecified atom stereocenters. The summed E-state index contributed by atoms with van der Waals surface area (Å²) in [6, 6.07) is 0. The smallest absolute Gasteiger partial charge is 0.0879 e. The Kier molecular flexibility index (Phi) is 2.71. The summed E-state index contributed by atoms with van der Waals surface area (Å²) in [7, 11) is 0. The van der Waals surface area contributed by atoms with Crippen LogP contribution in [0.15, 0.2) is 12.3 Å². The fourth-order valence-electron chi connectivity index (χ4n) is 0.565. The largest absolute Gasteiger partial charge is 0.513 e. The van der Waals surface area contributed by atoms with Crippen LogP contribution >= 0.6 is 0 Å². The van der Waals surface area contributed by atoms with Crippen molar-refractivity contribution in [1.82, 2.24) is 0 Å². The molecule has 0 saturated carbocycles. The van der Waals surface area contributed by atoms with Crippen LogP contribution in [-0.4, -0.2) is 15.8 Å². The second-order valence-corrected chi connectivity index (χ2v) is 2.59. The third-order valence-corrected chi connectivity index (χ3v) is 1.35. The zero-order valence-corrected chi connectivity index (χ0v) is 6.02. The van der Waals surface area contributed by atoms with Crippen molar-refractivity contribution in [3.05, 3.63) is 12.3 Å². The Morgan fingerprint density at radius 1 is 1.67 bits per heavy atom. The monoisotopic (exact) mass is 130 g/mol. The third kappa shape index (κ3) is 4.03. The molecule has 1 atom stereocenters. The summed E-state index contributed by atoms with van der Waals surface area (Å²) < 4.78 is 0. The lowest BCUT2D eigenvalue weighted by Gasteiger charge is -2.19. The molecule has 0 aliphatic rings. The van der Waals surface area contributed by atoms with E-state index in [1.54, 1.807) is 6.92 Å². The molecule has 0 saturated heterocycles. The zero-order valence-electron chi connectivity index (χ0n) is 6.02. The minimum Gasteiger partial charge on any atom is -0.513 e. The Labute approximate surface area is 55.8 Å². The molecule has 0 heterocycles. The van der Waals surface area contributed by atoms with Crippen molar-refractivity contribution in [2.24, 2.45) is 0 Å². The highest BCUT2D eigenvalue weighted by atomic mass is 16.3. The van der Waals surface area contributed by atoms with Gasteiger partial charge in [-0.05, 0) is 13.3 Å². The van der Waals surface area contributed by atoms with Gasteiger partial charge in [0.25, 0.3) is 0 Å². The van der Waals surface area contributed by atoms with Gasteiger partial charge in [0.2, 0.25) is 0 Å². The van der Waals surface area contributed by atoms with Crippen molar-refractivity contribution in [2.45, 2.75) is 32.3 Å². The summed E-state index contributed by atoms with van der Waals surface area (Å²) in [4.78, 5) is 0. The summed E-state index contributed by atoms with van der Waals surface area (Å²) in [6.45, 7) is 6.82. The first-order chi connectivity index (χ1) is 3.98. The van der Waals surface area contributed by atoms with Crippen LogP contribution in [0.25, 0.3) is 0 Å². The molecule has 9 heavy (non-hydrogen) atoms. The topological polar surface area (TPSA) is 40.5 Å². The molecule has 0 aliphatic heterocycles. The van der Waals surface area contributed by atoms with E-state index in [2.05, 4.69) is 6.58 Å². The van der Waals surface area contributed by atoms with Crippen molar-refractivity contribution in [2.75, 3.05) is 0 Å². The van der Waals surface area contributed by atoms with Crippen LogP contribution in [0.3, 0.4) is 0 Å². The Hall–Kier alpha value is -0.500. The molecule has 2 N–H and O–H groups in total. The lowest BCUT2D eigenvalue weighted by atomic mass is 9.99. The Balaban J connectivity index is 3.71. The van der Waals surface area contributed by atoms with E-state index in [9.17, 15) is 5.11 Å². The molecular formula is C7H14O2. The van der Waals surface area contributed by atoms with E-state index >= 15 is 0 Å². The van der Waals surface area contributed by atoms with Gasteiger partial charge in [-0.1, -0.05) is 13.5 Å². The lowest BCUT2D eigenvalue weighted by molar-refractivity contribution is 0.0463. The maximum atomic E-state index is 9.27. The second-order valence-electron chi connectivity index (χ2n) is 2.59. The fourth-order valence-corrected chi connectivity index (χ4v) is 0.565. The van der Waals surface area contributed by atoms with Crippen LogP contribution in [0, 0.1) is 0 Å². The van der Waals surface area contributed by atoms with Gasteiger partial charge in [-0.3, -0.25) is 0 Å². The summed E-state index contributed by atoms with van der Waals surface area (Å²) in [6.07, 6.45) is 0.899. The number of hydrogen-bond donors (Lipinski definition) is 2. The van der Waals surface area contributed by atoms with Gasteiger partial charge < -0.3 is 10.2 Å². The van der Waals surface area contributed by atoms with Gasteiger partial charge in [0.1, 0.15) is 0 Å². The van der Waals surface area contributed by atoms with Gasteiger partial charge >= 0.3 is 0 Å². The molecule has 0 aromatic carbocycles. The number of aliphatic hydroxyl groups excluding tert-OH is 1. The van der Waals surface area contributed by atoms with Crippen LogP contribution in [0.2, 0.25) is 0 Å². The highest BCUT2D eigenvalue weighted by molar-refractivity contribution is 4.88. The van der Waals surface area contributed by atoms with Crippen molar-refractivity contribution in [1.29, 1.82) is 0 Å². The van der Waals surface area contributed by atoms with Gasteiger partial charge in [-0.2, -0.15) is 0 Å². The van der Waals surface area contributed by atoms with E-state index in [0.29, 0.717) is 6.42 Å². The van der Waals surface area contributed by atoms with Gasteiger partial charge in [-0.15, -0.1) is 0 Å². The van der Waals surface area contributed by atoms with Crippen LogP contribution in [0.4, 0.5) is 0 Å². The van der Waals surface area contributed by atoms with E-state index in [1.807, 2.05) is 6.92 Å². The predicted molar refractivity (Wildman–Crippen MR) is 37.3 cm³/mol. The molecule has 0 radical (unpaired) electrons. The number of hydrogen-bond acceptors (Lipinski definition) is 2. The van der Waals surface area contributed by atoms with Crippen LogP contribution in [-0.2, 0) is 0 Å². The SMILES string of the molecule is C=C(O)CC(C)(O)CC. The summed E-state index contributed by atoms with van der Waals surface area (Å²) in [5, 5.41) is 17.9. The first kappa shape index (κ1) is 8.50. The molecule has 2 nitrogen and oxygen atoms in total. The van der Waals surface area contributed by atoms with Crippen molar-refractivity contribution in [3.8, 4) is 0 Å². The first-order valence-corrected chi connectivity index (χ1v) is 3.07. The highest BCUT2D eigenvalue weighted by Gasteiger charge is 2.17. The molecule has 0 rings (SSSR count). The number of rotatable bonds is 3. The minimum absolute atomic E-state index is 0.0434. The minimum atomic E-state index is -0.786. The predicted octanol–water partition coefficient (Wildman–Crippen LogP) is 1.61.